The van der Waals surface area contributed by atoms with Crippen LogP contribution >= 0.6 is 0 Å². The number of hydrogen-bond acceptors (Lipinski definition) is 0. The van der Waals surface area contributed by atoms with E-state index in [1.807, 2.05) is 0 Å². The quantitative estimate of drug-likeness (QED) is 0.621. The molecule has 2 rings (SSSR count). The van der Waals surface area contributed by atoms with E-state index in [1.54, 1.807) is 0 Å². The molecule has 0 aliphatic heterocycles. The van der Waals surface area contributed by atoms with Gasteiger partial charge in [-0.15, -0.1) is 0 Å². The van der Waals surface area contributed by atoms with Crippen LogP contribution in [0.25, 0.3) is 5.57 Å². The van der Waals surface area contributed by atoms with Gasteiger partial charge >= 0.3 is 0 Å². The highest BCUT2D eigenvalue weighted by Crippen LogP contribution is 2.42. The molecule has 0 atom stereocenters. The topological polar surface area (TPSA) is 0 Å². The zero-order valence-electron chi connectivity index (χ0n) is 9.46. The molecule has 14 heavy (non-hydrogen) atoms. The van der Waals surface area contributed by atoms with Crippen LogP contribution in [0.3, 0.4) is 0 Å². The lowest BCUT2D eigenvalue weighted by molar-refractivity contribution is 0.681. The molecule has 1 aromatic rings. The molecule has 0 heteroatoms. The minimum Gasteiger partial charge on any atom is -0.0704 e. The smallest absolute Gasteiger partial charge is 0.00874 e. The van der Waals surface area contributed by atoms with Crippen molar-refractivity contribution in [2.45, 2.75) is 33.1 Å². The van der Waals surface area contributed by atoms with Crippen molar-refractivity contribution in [1.29, 1.82) is 0 Å². The standard InChI is InChI=1S/C14H18/c1-10(2)12-9-14(3,4)13-8-6-5-7-11(12)13/h5-10H,1-4H3. The van der Waals surface area contributed by atoms with Crippen LogP contribution in [0.2, 0.25) is 0 Å². The molecular formula is C14H18. The van der Waals surface area contributed by atoms with E-state index in [0.717, 1.165) is 0 Å². The highest BCUT2D eigenvalue weighted by Gasteiger charge is 2.29. The summed E-state index contributed by atoms with van der Waals surface area (Å²) in [6.45, 7) is 9.12. The van der Waals surface area contributed by atoms with Crippen molar-refractivity contribution in [2.75, 3.05) is 0 Å². The maximum atomic E-state index is 2.42. The third-order valence-electron chi connectivity index (χ3n) is 3.07. The van der Waals surface area contributed by atoms with Crippen molar-refractivity contribution in [1.82, 2.24) is 0 Å². The molecule has 0 saturated heterocycles. The van der Waals surface area contributed by atoms with Gasteiger partial charge in [0, 0.05) is 5.41 Å². The van der Waals surface area contributed by atoms with Gasteiger partial charge in [0.1, 0.15) is 0 Å². The summed E-state index contributed by atoms with van der Waals surface area (Å²) in [4.78, 5) is 0. The molecule has 0 amide bonds. The lowest BCUT2D eigenvalue weighted by Crippen LogP contribution is -2.10. The molecule has 0 nitrogen and oxygen atoms in total. The van der Waals surface area contributed by atoms with Crippen LogP contribution in [0.5, 0.6) is 0 Å². The van der Waals surface area contributed by atoms with Crippen LogP contribution in [0.1, 0.15) is 38.8 Å². The van der Waals surface area contributed by atoms with E-state index in [4.69, 9.17) is 0 Å². The fraction of sp³-hybridized carbons (Fsp3) is 0.429. The van der Waals surface area contributed by atoms with E-state index < -0.39 is 0 Å². The minimum absolute atomic E-state index is 0.218. The second kappa shape index (κ2) is 2.98. The Morgan fingerprint density at radius 3 is 2.36 bits per heavy atom. The summed E-state index contributed by atoms with van der Waals surface area (Å²) in [5.74, 6) is 0.623. The zero-order chi connectivity index (χ0) is 10.3. The average Bonchev–Trinajstić information content (AvgIpc) is 2.40. The van der Waals surface area contributed by atoms with Crippen LogP contribution in [0, 0.1) is 5.92 Å². The highest BCUT2D eigenvalue weighted by molar-refractivity contribution is 5.77. The molecule has 1 aliphatic rings. The number of hydrogen-bond donors (Lipinski definition) is 0. The van der Waals surface area contributed by atoms with Gasteiger partial charge in [0.15, 0.2) is 0 Å². The van der Waals surface area contributed by atoms with Crippen LogP contribution in [-0.2, 0) is 5.41 Å². The van der Waals surface area contributed by atoms with E-state index in [9.17, 15) is 0 Å². The van der Waals surface area contributed by atoms with E-state index in [2.05, 4.69) is 58.0 Å². The van der Waals surface area contributed by atoms with Crippen LogP contribution in [0.4, 0.5) is 0 Å². The molecule has 0 radical (unpaired) electrons. The van der Waals surface area contributed by atoms with Crippen molar-refractivity contribution >= 4 is 5.57 Å². The fourth-order valence-electron chi connectivity index (χ4n) is 2.32. The van der Waals surface area contributed by atoms with E-state index in [0.29, 0.717) is 5.92 Å². The van der Waals surface area contributed by atoms with E-state index in [-0.39, 0.29) is 5.41 Å². The Morgan fingerprint density at radius 2 is 1.71 bits per heavy atom. The molecule has 1 aromatic carbocycles. The first kappa shape index (κ1) is 9.51. The fourth-order valence-corrected chi connectivity index (χ4v) is 2.32. The summed E-state index contributed by atoms with van der Waals surface area (Å²) < 4.78 is 0. The van der Waals surface area contributed by atoms with Gasteiger partial charge in [0.05, 0.1) is 0 Å². The Bertz CT molecular complexity index is 381. The molecule has 0 bridgehead atoms. The maximum absolute atomic E-state index is 2.42. The maximum Gasteiger partial charge on any atom is 0.00874 e. The third kappa shape index (κ3) is 1.30. The number of rotatable bonds is 1. The summed E-state index contributed by atoms with van der Waals surface area (Å²) in [6, 6.07) is 8.77. The molecule has 0 heterocycles. The monoisotopic (exact) mass is 186 g/mol. The minimum atomic E-state index is 0.218. The summed E-state index contributed by atoms with van der Waals surface area (Å²) >= 11 is 0. The van der Waals surface area contributed by atoms with Gasteiger partial charge in [0.25, 0.3) is 0 Å². The lowest BCUT2D eigenvalue weighted by Gasteiger charge is -2.16. The lowest BCUT2D eigenvalue weighted by atomic mass is 9.87. The van der Waals surface area contributed by atoms with Gasteiger partial charge in [0.2, 0.25) is 0 Å². The first-order valence-electron chi connectivity index (χ1n) is 5.35. The molecular weight excluding hydrogens is 168 g/mol. The molecule has 0 saturated carbocycles. The third-order valence-corrected chi connectivity index (χ3v) is 3.07. The molecule has 0 fully saturated rings. The van der Waals surface area contributed by atoms with Crippen molar-refractivity contribution in [3.63, 3.8) is 0 Å². The largest absolute Gasteiger partial charge is 0.0704 e. The van der Waals surface area contributed by atoms with Crippen LogP contribution < -0.4 is 0 Å². The molecule has 0 N–H and O–H groups in total. The van der Waals surface area contributed by atoms with Gasteiger partial charge in [-0.1, -0.05) is 58.0 Å². The normalized spacial score (nSPS) is 18.2. The van der Waals surface area contributed by atoms with Gasteiger partial charge in [-0.2, -0.15) is 0 Å². The SMILES string of the molecule is CC(C)C1=CC(C)(C)c2ccccc21. The Morgan fingerprint density at radius 1 is 1.07 bits per heavy atom. The molecule has 1 aliphatic carbocycles. The summed E-state index contributed by atoms with van der Waals surface area (Å²) in [5, 5.41) is 0. The van der Waals surface area contributed by atoms with Crippen LogP contribution in [-0.4, -0.2) is 0 Å². The van der Waals surface area contributed by atoms with Crippen molar-refractivity contribution in [3.8, 4) is 0 Å². The van der Waals surface area contributed by atoms with E-state index >= 15 is 0 Å². The van der Waals surface area contributed by atoms with E-state index in [1.165, 1.54) is 16.7 Å². The molecule has 0 aromatic heterocycles. The summed E-state index contributed by atoms with van der Waals surface area (Å²) in [6.07, 6.45) is 2.42. The van der Waals surface area contributed by atoms with Crippen molar-refractivity contribution in [2.24, 2.45) is 5.92 Å². The van der Waals surface area contributed by atoms with Crippen molar-refractivity contribution < 1.29 is 0 Å². The predicted molar refractivity (Wildman–Crippen MR) is 62.3 cm³/mol. The predicted octanol–water partition coefficient (Wildman–Crippen LogP) is 4.02. The van der Waals surface area contributed by atoms with Gasteiger partial charge in [-0.05, 0) is 22.6 Å². The van der Waals surface area contributed by atoms with Crippen LogP contribution in [0.15, 0.2) is 30.3 Å². The average molecular weight is 186 g/mol. The number of allylic oxidation sites excluding steroid dienone is 2. The molecule has 0 spiro atoms. The second-order valence-electron chi connectivity index (χ2n) is 5.02. The Balaban J connectivity index is 2.60. The highest BCUT2D eigenvalue weighted by atomic mass is 14.3. The van der Waals surface area contributed by atoms with Gasteiger partial charge in [-0.25, -0.2) is 0 Å². The second-order valence-corrected chi connectivity index (χ2v) is 5.02. The van der Waals surface area contributed by atoms with Crippen molar-refractivity contribution in [3.05, 3.63) is 41.5 Å². The molecule has 0 unspecified atom stereocenters. The Kier molecular flexibility index (Phi) is 2.02. The Labute approximate surface area is 86.7 Å². The van der Waals surface area contributed by atoms with Gasteiger partial charge in [-0.3, -0.25) is 0 Å². The summed E-state index contributed by atoms with van der Waals surface area (Å²) in [5.41, 5.74) is 4.65. The first-order chi connectivity index (χ1) is 6.52. The Hall–Kier alpha value is -1.04. The number of fused-ring (bicyclic) bond motifs is 1. The van der Waals surface area contributed by atoms with Gasteiger partial charge < -0.3 is 0 Å². The first-order valence-corrected chi connectivity index (χ1v) is 5.35. The molecule has 74 valence electrons. The zero-order valence-corrected chi connectivity index (χ0v) is 9.46. The summed E-state index contributed by atoms with van der Waals surface area (Å²) in [7, 11) is 0. The number of benzene rings is 1.